The Labute approximate surface area is 216 Å². The fourth-order valence-electron chi connectivity index (χ4n) is 9.69. The van der Waals surface area contributed by atoms with Crippen LogP contribution in [0.5, 0.6) is 11.5 Å². The fraction of sp³-hybridized carbons (Fsp3) is 0.567. The number of phenolic OH excluding ortho intramolecular Hbond substituents is 1. The Morgan fingerprint density at radius 3 is 2.78 bits per heavy atom. The summed E-state index contributed by atoms with van der Waals surface area (Å²) >= 11 is 0. The van der Waals surface area contributed by atoms with Crippen LogP contribution < -0.4 is 10.1 Å². The third-order valence-corrected chi connectivity index (χ3v) is 11.1. The number of carbonyl (C=O) groups excluding carboxylic acids is 1. The molecule has 5 unspecified atom stereocenters. The average molecular weight is 500 g/mol. The molecule has 5 bridgehead atoms. The van der Waals surface area contributed by atoms with Crippen molar-refractivity contribution in [3.8, 4) is 11.5 Å². The van der Waals surface area contributed by atoms with E-state index in [1.54, 1.807) is 6.07 Å². The van der Waals surface area contributed by atoms with E-state index >= 15 is 0 Å². The Bertz CT molecular complexity index is 1330. The second-order valence-electron chi connectivity index (χ2n) is 12.5. The molecule has 2 N–H and O–H groups in total. The minimum absolute atomic E-state index is 0.0148. The summed E-state index contributed by atoms with van der Waals surface area (Å²) in [5, 5.41) is 14.8. The predicted molar refractivity (Wildman–Crippen MR) is 135 cm³/mol. The first-order valence-corrected chi connectivity index (χ1v) is 14.1. The van der Waals surface area contributed by atoms with Gasteiger partial charge < -0.3 is 19.5 Å². The number of ether oxygens (including phenoxy) is 2. The summed E-state index contributed by atoms with van der Waals surface area (Å²) in [5.74, 6) is 1.70. The molecule has 0 radical (unpaired) electrons. The third-order valence-electron chi connectivity index (χ3n) is 11.1. The molecule has 37 heavy (non-hydrogen) atoms. The highest BCUT2D eigenvalue weighted by atomic mass is 16.5. The van der Waals surface area contributed by atoms with E-state index in [0.29, 0.717) is 12.3 Å². The van der Waals surface area contributed by atoms with Crippen LogP contribution in [0.2, 0.25) is 0 Å². The molecular formula is C30H33N3O4. The summed E-state index contributed by atoms with van der Waals surface area (Å²) in [5.41, 5.74) is 2.22. The van der Waals surface area contributed by atoms with Crippen LogP contribution in [-0.2, 0) is 27.9 Å². The van der Waals surface area contributed by atoms with Crippen molar-refractivity contribution < 1.29 is 19.4 Å². The maximum Gasteiger partial charge on any atom is 0.253 e. The van der Waals surface area contributed by atoms with Crippen molar-refractivity contribution in [2.24, 2.45) is 11.8 Å². The molecule has 9 rings (SSSR count). The smallest absolute Gasteiger partial charge is 0.253 e. The van der Waals surface area contributed by atoms with Crippen molar-refractivity contribution in [3.05, 3.63) is 59.2 Å². The molecule has 4 aliphatic heterocycles. The quantitative estimate of drug-likeness (QED) is 0.674. The van der Waals surface area contributed by atoms with E-state index in [1.807, 2.05) is 18.2 Å². The van der Waals surface area contributed by atoms with Crippen LogP contribution >= 0.6 is 0 Å². The molecule has 192 valence electrons. The molecular weight excluding hydrogens is 466 g/mol. The maximum atomic E-state index is 14.3. The Morgan fingerprint density at radius 2 is 1.95 bits per heavy atom. The van der Waals surface area contributed by atoms with Crippen LogP contribution in [0, 0.1) is 11.8 Å². The highest BCUT2D eigenvalue weighted by Gasteiger charge is 2.84. The minimum atomic E-state index is -0.529. The van der Waals surface area contributed by atoms with Gasteiger partial charge in [0.05, 0.1) is 5.60 Å². The van der Waals surface area contributed by atoms with Crippen LogP contribution in [0.3, 0.4) is 0 Å². The van der Waals surface area contributed by atoms with Crippen molar-refractivity contribution in [1.29, 1.82) is 0 Å². The maximum absolute atomic E-state index is 14.3. The molecule has 2 aromatic rings. The van der Waals surface area contributed by atoms with Gasteiger partial charge in [-0.1, -0.05) is 36.4 Å². The number of rotatable bonds is 4. The lowest BCUT2D eigenvalue weighted by Gasteiger charge is -2.67. The Balaban J connectivity index is 1.27. The molecule has 3 saturated heterocycles. The van der Waals surface area contributed by atoms with Gasteiger partial charge in [-0.3, -0.25) is 15.0 Å². The molecule has 0 aromatic heterocycles. The summed E-state index contributed by atoms with van der Waals surface area (Å²) < 4.78 is 13.6. The Kier molecular flexibility index (Phi) is 3.96. The molecule has 7 aliphatic rings. The second kappa shape index (κ2) is 6.87. The number of carbonyl (C=O) groups is 1. The monoisotopic (exact) mass is 499 g/mol. The number of hydrogen-bond donors (Lipinski definition) is 2. The fourth-order valence-corrected chi connectivity index (χ4v) is 9.69. The lowest BCUT2D eigenvalue weighted by Crippen LogP contribution is -2.78. The number of piperidine rings is 1. The second-order valence-corrected chi connectivity index (χ2v) is 12.5. The van der Waals surface area contributed by atoms with Gasteiger partial charge in [0, 0.05) is 36.0 Å². The Morgan fingerprint density at radius 1 is 1.08 bits per heavy atom. The summed E-state index contributed by atoms with van der Waals surface area (Å²) in [7, 11) is 0. The highest BCUT2D eigenvalue weighted by Crippen LogP contribution is 2.73. The van der Waals surface area contributed by atoms with E-state index < -0.39 is 17.4 Å². The SMILES string of the molecule is O=C1[C@H]2OC34CCC5(NCOc6c(O)ccc7c6C3(CCN(CC3CC3)C4C7)C25)N1Cc1ccccc1. The third kappa shape index (κ3) is 2.39. The normalized spacial score (nSPS) is 40.8. The lowest BCUT2D eigenvalue weighted by atomic mass is 9.45. The van der Waals surface area contributed by atoms with Crippen LogP contribution in [0.25, 0.3) is 0 Å². The van der Waals surface area contributed by atoms with Gasteiger partial charge in [-0.05, 0) is 68.2 Å². The van der Waals surface area contributed by atoms with Gasteiger partial charge in [-0.15, -0.1) is 0 Å². The van der Waals surface area contributed by atoms with Crippen molar-refractivity contribution in [2.45, 2.75) is 73.9 Å². The molecule has 1 spiro atoms. The van der Waals surface area contributed by atoms with Gasteiger partial charge in [0.15, 0.2) is 11.5 Å². The van der Waals surface area contributed by atoms with Crippen LogP contribution in [0.4, 0.5) is 0 Å². The van der Waals surface area contributed by atoms with E-state index in [1.165, 1.54) is 18.4 Å². The van der Waals surface area contributed by atoms with Crippen LogP contribution in [0.1, 0.15) is 48.8 Å². The lowest BCUT2D eigenvalue weighted by molar-refractivity contribution is -0.197. The van der Waals surface area contributed by atoms with Gasteiger partial charge in [0.1, 0.15) is 18.5 Å². The largest absolute Gasteiger partial charge is 0.504 e. The zero-order valence-electron chi connectivity index (χ0n) is 21.0. The molecule has 7 nitrogen and oxygen atoms in total. The number of nitrogens with zero attached hydrogens (tertiary/aromatic N) is 2. The van der Waals surface area contributed by atoms with Crippen molar-refractivity contribution >= 4 is 5.91 Å². The number of benzene rings is 2. The Hall–Kier alpha value is -2.61. The van der Waals surface area contributed by atoms with Gasteiger partial charge in [-0.25, -0.2) is 0 Å². The van der Waals surface area contributed by atoms with E-state index in [2.05, 4.69) is 33.3 Å². The number of hydrogen-bond acceptors (Lipinski definition) is 6. The average Bonchev–Trinajstić information content (AvgIpc) is 3.64. The number of amides is 1. The first kappa shape index (κ1) is 21.3. The van der Waals surface area contributed by atoms with Crippen LogP contribution in [0.15, 0.2) is 42.5 Å². The van der Waals surface area contributed by atoms with E-state index in [4.69, 9.17) is 9.47 Å². The molecule has 2 saturated carbocycles. The predicted octanol–water partition coefficient (Wildman–Crippen LogP) is 2.90. The van der Waals surface area contributed by atoms with Gasteiger partial charge in [0.25, 0.3) is 5.91 Å². The summed E-state index contributed by atoms with van der Waals surface area (Å²) in [4.78, 5) is 19.1. The number of nitrogens with one attached hydrogen (secondary N) is 1. The highest BCUT2D eigenvalue weighted by molar-refractivity contribution is 5.87. The summed E-state index contributed by atoms with van der Waals surface area (Å²) in [6.07, 6.45) is 5.77. The zero-order valence-corrected chi connectivity index (χ0v) is 21.0. The van der Waals surface area contributed by atoms with E-state index in [-0.39, 0.29) is 35.8 Å². The topological polar surface area (TPSA) is 74.3 Å². The van der Waals surface area contributed by atoms with E-state index in [9.17, 15) is 9.90 Å². The van der Waals surface area contributed by atoms with Gasteiger partial charge in [0.2, 0.25) is 0 Å². The van der Waals surface area contributed by atoms with Gasteiger partial charge in [-0.2, -0.15) is 0 Å². The van der Waals surface area contributed by atoms with E-state index in [0.717, 1.165) is 55.8 Å². The number of phenols is 1. The molecule has 5 fully saturated rings. The minimum Gasteiger partial charge on any atom is -0.504 e. The first-order chi connectivity index (χ1) is 18.1. The number of likely N-dealkylation sites (tertiary alicyclic amines) is 2. The van der Waals surface area contributed by atoms with Crippen molar-refractivity contribution in [3.63, 3.8) is 0 Å². The van der Waals surface area contributed by atoms with Gasteiger partial charge >= 0.3 is 0 Å². The summed E-state index contributed by atoms with van der Waals surface area (Å²) in [6.45, 7) is 2.96. The van der Waals surface area contributed by atoms with Crippen molar-refractivity contribution in [1.82, 2.24) is 15.1 Å². The summed E-state index contributed by atoms with van der Waals surface area (Å²) in [6, 6.07) is 14.5. The molecule has 2 aromatic carbocycles. The van der Waals surface area contributed by atoms with Crippen molar-refractivity contribution in [2.75, 3.05) is 19.8 Å². The molecule has 4 heterocycles. The number of aromatic hydroxyl groups is 1. The molecule has 7 heteroatoms. The standard InChI is InChI=1S/C30H33N3O4/c34-21-9-8-20-14-22-29-10-11-30-26(25(37-29)27(35)33(30)16-18-4-2-1-3-5-18)28(29,23(20)24(21)36-17-31-30)12-13-32(22)15-19-6-7-19/h1-5,8-9,19,22,25-26,31,34H,6-7,10-17H2/t22?,25-,26?,28?,29?,30?/m0/s1. The van der Waals surface area contributed by atoms with Crippen LogP contribution in [-0.4, -0.2) is 64.0 Å². The first-order valence-electron chi connectivity index (χ1n) is 14.1. The molecule has 3 aliphatic carbocycles. The molecule has 1 amide bonds. The molecule has 6 atom stereocenters. The zero-order chi connectivity index (χ0) is 24.6.